The van der Waals surface area contributed by atoms with E-state index in [1.807, 2.05) is 0 Å². The molecule has 2 nitrogen and oxygen atoms in total. The van der Waals surface area contributed by atoms with Crippen molar-refractivity contribution in [3.63, 3.8) is 0 Å². The molecule has 6 heteroatoms. The number of carbonyl (C=O) groups is 1. The van der Waals surface area contributed by atoms with Gasteiger partial charge in [-0.15, -0.1) is 0 Å². The maximum Gasteiger partial charge on any atom is 1.00 e. The average Bonchev–Trinajstić information content (AvgIpc) is 2.41. The minimum atomic E-state index is -3.90. The monoisotopic (exact) mass is 318 g/mol. The molecule has 0 aromatic heterocycles. The van der Waals surface area contributed by atoms with Gasteiger partial charge in [-0.25, -0.2) is 0 Å². The molecule has 2 aromatic rings. The second kappa shape index (κ2) is 7.73. The van der Waals surface area contributed by atoms with Crippen molar-refractivity contribution in [3.8, 4) is 0 Å². The number of rotatable bonds is 4. The van der Waals surface area contributed by atoms with Crippen LogP contribution in [0.15, 0.2) is 60.7 Å². The van der Waals surface area contributed by atoms with E-state index >= 15 is 0 Å². The predicted molar refractivity (Wildman–Crippen MR) is 69.0 cm³/mol. The van der Waals surface area contributed by atoms with Crippen LogP contribution in [0, 0.1) is 0 Å². The molecular formula is C14H10F2KO2P. The predicted octanol–water partition coefficient (Wildman–Crippen LogP) is -1.53. The zero-order chi connectivity index (χ0) is 13.9. The quantitative estimate of drug-likeness (QED) is 0.507. The second-order valence-electron chi connectivity index (χ2n) is 3.84. The number of aliphatic carboxylic acids is 1. The van der Waals surface area contributed by atoms with E-state index in [9.17, 15) is 18.7 Å². The van der Waals surface area contributed by atoms with Crippen LogP contribution in [-0.2, 0) is 4.79 Å². The number of benzene rings is 2. The Morgan fingerprint density at radius 3 is 1.55 bits per heavy atom. The Morgan fingerprint density at radius 1 is 0.900 bits per heavy atom. The van der Waals surface area contributed by atoms with Gasteiger partial charge < -0.3 is 9.90 Å². The van der Waals surface area contributed by atoms with E-state index in [4.69, 9.17) is 0 Å². The summed E-state index contributed by atoms with van der Waals surface area (Å²) in [4.78, 5) is 10.8. The van der Waals surface area contributed by atoms with Crippen LogP contribution in [0.2, 0.25) is 0 Å². The summed E-state index contributed by atoms with van der Waals surface area (Å²) in [6, 6.07) is 15.9. The van der Waals surface area contributed by atoms with Crippen LogP contribution in [0.4, 0.5) is 8.78 Å². The third-order valence-corrected chi connectivity index (χ3v) is 4.93. The van der Waals surface area contributed by atoms with E-state index in [1.165, 1.54) is 24.3 Å². The molecule has 0 aliphatic heterocycles. The molecule has 0 spiro atoms. The Balaban J connectivity index is 0.00000200. The molecular weight excluding hydrogens is 308 g/mol. The normalized spacial score (nSPS) is 10.9. The molecule has 0 atom stereocenters. The maximum atomic E-state index is 13.9. The van der Waals surface area contributed by atoms with E-state index < -0.39 is 19.6 Å². The summed E-state index contributed by atoms with van der Waals surface area (Å²) in [6.07, 6.45) is 0. The second-order valence-corrected chi connectivity index (χ2v) is 6.10. The Kier molecular flexibility index (Phi) is 6.92. The number of carboxylic acids is 1. The van der Waals surface area contributed by atoms with Gasteiger partial charge in [0.05, 0.1) is 0 Å². The van der Waals surface area contributed by atoms with Gasteiger partial charge in [-0.2, -0.15) is 8.78 Å². The van der Waals surface area contributed by atoms with Crippen molar-refractivity contribution in [1.82, 2.24) is 0 Å². The topological polar surface area (TPSA) is 40.1 Å². The molecule has 0 N–H and O–H groups in total. The first-order valence-corrected chi connectivity index (χ1v) is 6.87. The zero-order valence-electron chi connectivity index (χ0n) is 10.8. The van der Waals surface area contributed by atoms with E-state index in [1.54, 1.807) is 36.4 Å². The fraction of sp³-hybridized carbons (Fsp3) is 0.0714. The molecule has 0 aliphatic rings. The molecule has 98 valence electrons. The number of carboxylic acid groups (broad SMARTS) is 1. The third-order valence-electron chi connectivity index (χ3n) is 2.56. The van der Waals surface area contributed by atoms with Crippen molar-refractivity contribution < 1.29 is 70.1 Å². The Morgan fingerprint density at radius 2 is 1.25 bits per heavy atom. The minimum Gasteiger partial charge on any atom is -0.544 e. The first-order valence-electron chi connectivity index (χ1n) is 5.53. The molecule has 0 heterocycles. The molecule has 0 saturated carbocycles. The molecule has 0 unspecified atom stereocenters. The maximum absolute atomic E-state index is 13.9. The van der Waals surface area contributed by atoms with E-state index in [0.29, 0.717) is 10.6 Å². The van der Waals surface area contributed by atoms with E-state index in [0.717, 1.165) is 0 Å². The Hall–Kier alpha value is -0.164. The van der Waals surface area contributed by atoms with Gasteiger partial charge in [0.15, 0.2) is 0 Å². The number of alkyl halides is 2. The van der Waals surface area contributed by atoms with Crippen LogP contribution in [0.3, 0.4) is 0 Å². The van der Waals surface area contributed by atoms with Gasteiger partial charge in [0.2, 0.25) is 0 Å². The van der Waals surface area contributed by atoms with Crippen molar-refractivity contribution in [2.75, 3.05) is 0 Å². The summed E-state index contributed by atoms with van der Waals surface area (Å²) in [5.74, 6) is -2.34. The number of carbonyl (C=O) groups excluding carboxylic acids is 1. The van der Waals surface area contributed by atoms with Crippen LogP contribution >= 0.6 is 7.92 Å². The summed E-state index contributed by atoms with van der Waals surface area (Å²) >= 11 is 0. The first-order chi connectivity index (χ1) is 9.03. The molecule has 0 fully saturated rings. The van der Waals surface area contributed by atoms with E-state index in [-0.39, 0.29) is 51.4 Å². The summed E-state index contributed by atoms with van der Waals surface area (Å²) in [6.45, 7) is 0. The van der Waals surface area contributed by atoms with Crippen LogP contribution in [0.5, 0.6) is 0 Å². The first kappa shape index (κ1) is 17.9. The van der Waals surface area contributed by atoms with Crippen LogP contribution in [0.25, 0.3) is 0 Å². The number of hydrogen-bond acceptors (Lipinski definition) is 2. The van der Waals surface area contributed by atoms with Crippen molar-refractivity contribution in [1.29, 1.82) is 0 Å². The Bertz CT molecular complexity index is 524. The summed E-state index contributed by atoms with van der Waals surface area (Å²) < 4.78 is 27.9. The van der Waals surface area contributed by atoms with Gasteiger partial charge in [-0.1, -0.05) is 60.7 Å². The van der Waals surface area contributed by atoms with Gasteiger partial charge in [-0.3, -0.25) is 0 Å². The van der Waals surface area contributed by atoms with Crippen molar-refractivity contribution in [2.45, 2.75) is 5.66 Å². The van der Waals surface area contributed by atoms with Crippen molar-refractivity contribution in [2.24, 2.45) is 0 Å². The van der Waals surface area contributed by atoms with Crippen LogP contribution in [-0.4, -0.2) is 11.6 Å². The molecule has 0 amide bonds. The van der Waals surface area contributed by atoms with Gasteiger partial charge in [0.25, 0.3) is 0 Å². The van der Waals surface area contributed by atoms with Gasteiger partial charge >= 0.3 is 57.0 Å². The average molecular weight is 318 g/mol. The summed E-state index contributed by atoms with van der Waals surface area (Å²) in [5, 5.41) is 11.4. The van der Waals surface area contributed by atoms with Gasteiger partial charge in [0.1, 0.15) is 5.97 Å². The summed E-state index contributed by atoms with van der Waals surface area (Å²) in [5.41, 5.74) is -3.90. The Labute approximate surface area is 159 Å². The zero-order valence-corrected chi connectivity index (χ0v) is 14.8. The van der Waals surface area contributed by atoms with Crippen molar-refractivity contribution >= 4 is 24.5 Å². The smallest absolute Gasteiger partial charge is 0.544 e. The molecule has 2 rings (SSSR count). The molecule has 0 radical (unpaired) electrons. The molecule has 0 saturated heterocycles. The summed E-state index contributed by atoms with van der Waals surface area (Å²) in [7, 11) is -2.33. The SMILES string of the molecule is O=C([O-])C(F)(F)P(c1ccccc1)c1ccccc1.[K+]. The minimum absolute atomic E-state index is 0. The molecule has 0 bridgehead atoms. The van der Waals surface area contributed by atoms with Crippen LogP contribution in [0.1, 0.15) is 0 Å². The molecule has 0 aliphatic carbocycles. The fourth-order valence-corrected chi connectivity index (χ4v) is 3.79. The van der Waals surface area contributed by atoms with Gasteiger partial charge in [0, 0.05) is 7.92 Å². The molecule has 2 aromatic carbocycles. The standard InChI is InChI=1S/C14H11F2O2P.K/c15-14(16,13(17)18)19(11-7-3-1-4-8-11)12-9-5-2-6-10-12;/h1-10H,(H,17,18);/q;+1/p-1. The fourth-order valence-electron chi connectivity index (χ4n) is 1.72. The van der Waals surface area contributed by atoms with Crippen molar-refractivity contribution in [3.05, 3.63) is 60.7 Å². The third kappa shape index (κ3) is 3.94. The van der Waals surface area contributed by atoms with E-state index in [2.05, 4.69) is 0 Å². The largest absolute Gasteiger partial charge is 1.00 e. The number of hydrogen-bond donors (Lipinski definition) is 0. The van der Waals surface area contributed by atoms with Gasteiger partial charge in [-0.05, 0) is 10.6 Å². The molecule has 20 heavy (non-hydrogen) atoms. The van der Waals surface area contributed by atoms with Crippen LogP contribution < -0.4 is 67.1 Å². The number of halogens is 2.